The molecule has 0 aliphatic rings. The molecule has 0 aliphatic heterocycles. The minimum atomic E-state index is -0.253. The monoisotopic (exact) mass is 489 g/mol. The lowest BCUT2D eigenvalue weighted by Gasteiger charge is -2.12. The molecule has 2 aromatic heterocycles. The summed E-state index contributed by atoms with van der Waals surface area (Å²) < 4.78 is 7.45. The SMILES string of the molecule is CC(C)c1nnc(SCC(=O)Nc2ccccc2C(=O)NCc2ccccc2)n1Cc1ccco1. The summed E-state index contributed by atoms with van der Waals surface area (Å²) in [7, 11) is 0. The fourth-order valence-electron chi connectivity index (χ4n) is 3.52. The Labute approximate surface area is 208 Å². The maximum absolute atomic E-state index is 12.8. The van der Waals surface area contributed by atoms with E-state index in [1.54, 1.807) is 30.5 Å². The first-order valence-electron chi connectivity index (χ1n) is 11.3. The van der Waals surface area contributed by atoms with Gasteiger partial charge in [-0.15, -0.1) is 10.2 Å². The Hall–Kier alpha value is -3.85. The average molecular weight is 490 g/mol. The van der Waals surface area contributed by atoms with Crippen molar-refractivity contribution in [1.29, 1.82) is 0 Å². The van der Waals surface area contributed by atoms with E-state index in [1.807, 2.05) is 60.9 Å². The molecule has 0 fully saturated rings. The Balaban J connectivity index is 1.39. The van der Waals surface area contributed by atoms with Crippen molar-refractivity contribution in [3.63, 3.8) is 0 Å². The van der Waals surface area contributed by atoms with Crippen LogP contribution in [0.3, 0.4) is 0 Å². The fourth-order valence-corrected chi connectivity index (χ4v) is 4.27. The molecule has 0 atom stereocenters. The van der Waals surface area contributed by atoms with Gasteiger partial charge in [0.1, 0.15) is 11.6 Å². The lowest BCUT2D eigenvalue weighted by Crippen LogP contribution is -2.25. The highest BCUT2D eigenvalue weighted by molar-refractivity contribution is 7.99. The molecule has 0 unspecified atom stereocenters. The molecule has 2 N–H and O–H groups in total. The number of anilines is 1. The lowest BCUT2D eigenvalue weighted by atomic mass is 10.1. The summed E-state index contributed by atoms with van der Waals surface area (Å²) in [5.41, 5.74) is 1.87. The molecule has 8 nitrogen and oxygen atoms in total. The summed E-state index contributed by atoms with van der Waals surface area (Å²) in [6.45, 7) is 4.98. The number of benzene rings is 2. The van der Waals surface area contributed by atoms with Gasteiger partial charge < -0.3 is 15.1 Å². The topological polar surface area (TPSA) is 102 Å². The molecule has 0 radical (unpaired) electrons. The maximum atomic E-state index is 12.8. The van der Waals surface area contributed by atoms with Crippen LogP contribution in [-0.4, -0.2) is 32.3 Å². The number of carbonyl (C=O) groups excluding carboxylic acids is 2. The molecule has 35 heavy (non-hydrogen) atoms. The molecule has 4 rings (SSSR count). The van der Waals surface area contributed by atoms with Gasteiger partial charge in [-0.1, -0.05) is 68.1 Å². The quantitative estimate of drug-likeness (QED) is 0.313. The summed E-state index contributed by atoms with van der Waals surface area (Å²) in [5, 5.41) is 15.0. The molecule has 2 amide bonds. The molecule has 180 valence electrons. The van der Waals surface area contributed by atoms with E-state index in [2.05, 4.69) is 20.8 Å². The van der Waals surface area contributed by atoms with Crippen molar-refractivity contribution < 1.29 is 14.0 Å². The second-order valence-corrected chi connectivity index (χ2v) is 9.15. The number of hydrogen-bond acceptors (Lipinski definition) is 6. The van der Waals surface area contributed by atoms with Crippen molar-refractivity contribution in [3.05, 3.63) is 95.7 Å². The van der Waals surface area contributed by atoms with E-state index in [0.717, 1.165) is 17.1 Å². The lowest BCUT2D eigenvalue weighted by molar-refractivity contribution is -0.113. The molecule has 0 saturated heterocycles. The van der Waals surface area contributed by atoms with Gasteiger partial charge in [0, 0.05) is 12.5 Å². The molecule has 0 saturated carbocycles. The largest absolute Gasteiger partial charge is 0.467 e. The van der Waals surface area contributed by atoms with Gasteiger partial charge in [0.2, 0.25) is 5.91 Å². The number of aromatic nitrogens is 3. The van der Waals surface area contributed by atoms with Crippen LogP contribution < -0.4 is 10.6 Å². The minimum Gasteiger partial charge on any atom is -0.467 e. The van der Waals surface area contributed by atoms with E-state index in [-0.39, 0.29) is 23.5 Å². The fraction of sp³-hybridized carbons (Fsp3) is 0.231. The molecule has 0 bridgehead atoms. The maximum Gasteiger partial charge on any atom is 0.253 e. The molecule has 0 spiro atoms. The second-order valence-electron chi connectivity index (χ2n) is 8.21. The highest BCUT2D eigenvalue weighted by Crippen LogP contribution is 2.23. The Morgan fingerprint density at radius 3 is 2.51 bits per heavy atom. The molecule has 2 aromatic carbocycles. The van der Waals surface area contributed by atoms with Gasteiger partial charge in [-0.25, -0.2) is 0 Å². The van der Waals surface area contributed by atoms with Crippen LogP contribution in [0.25, 0.3) is 0 Å². The number of furan rings is 1. The summed E-state index contributed by atoms with van der Waals surface area (Å²) in [4.78, 5) is 25.5. The molecule has 9 heteroatoms. The second kappa shape index (κ2) is 11.5. The van der Waals surface area contributed by atoms with Crippen molar-refractivity contribution in [3.8, 4) is 0 Å². The van der Waals surface area contributed by atoms with Crippen LogP contribution in [0, 0.1) is 0 Å². The van der Waals surface area contributed by atoms with Crippen molar-refractivity contribution in [2.75, 3.05) is 11.1 Å². The first-order chi connectivity index (χ1) is 17.0. The van der Waals surface area contributed by atoms with Crippen LogP contribution in [0.4, 0.5) is 5.69 Å². The van der Waals surface area contributed by atoms with Crippen molar-refractivity contribution >= 4 is 29.3 Å². The Morgan fingerprint density at radius 2 is 1.77 bits per heavy atom. The summed E-state index contributed by atoms with van der Waals surface area (Å²) in [6, 6.07) is 20.4. The van der Waals surface area contributed by atoms with Crippen LogP contribution in [0.5, 0.6) is 0 Å². The number of nitrogens with one attached hydrogen (secondary N) is 2. The van der Waals surface area contributed by atoms with Crippen molar-refractivity contribution in [1.82, 2.24) is 20.1 Å². The minimum absolute atomic E-state index is 0.119. The smallest absolute Gasteiger partial charge is 0.253 e. The zero-order valence-electron chi connectivity index (χ0n) is 19.6. The third-order valence-electron chi connectivity index (χ3n) is 5.23. The van der Waals surface area contributed by atoms with Gasteiger partial charge >= 0.3 is 0 Å². The van der Waals surface area contributed by atoms with Crippen molar-refractivity contribution in [2.45, 2.75) is 38.0 Å². The summed E-state index contributed by atoms with van der Waals surface area (Å²) in [5.74, 6) is 1.41. The Morgan fingerprint density at radius 1 is 1.00 bits per heavy atom. The first kappa shape index (κ1) is 24.3. The van der Waals surface area contributed by atoms with Crippen LogP contribution in [-0.2, 0) is 17.9 Å². The highest BCUT2D eigenvalue weighted by Gasteiger charge is 2.18. The summed E-state index contributed by atoms with van der Waals surface area (Å²) >= 11 is 1.29. The van der Waals surface area contributed by atoms with Gasteiger partial charge in [0.15, 0.2) is 5.16 Å². The first-order valence-corrected chi connectivity index (χ1v) is 12.3. The van der Waals surface area contributed by atoms with E-state index in [1.165, 1.54) is 11.8 Å². The van der Waals surface area contributed by atoms with E-state index < -0.39 is 0 Å². The molecule has 2 heterocycles. The van der Waals surface area contributed by atoms with E-state index in [4.69, 9.17) is 4.42 Å². The number of para-hydroxylation sites is 1. The van der Waals surface area contributed by atoms with Gasteiger partial charge in [-0.05, 0) is 29.8 Å². The Bertz CT molecular complexity index is 1270. The molecular formula is C26H27N5O3S. The van der Waals surface area contributed by atoms with Crippen LogP contribution >= 0.6 is 11.8 Å². The number of rotatable bonds is 10. The van der Waals surface area contributed by atoms with Crippen LogP contribution in [0.1, 0.15) is 47.3 Å². The molecule has 0 aliphatic carbocycles. The number of thioether (sulfide) groups is 1. The summed E-state index contributed by atoms with van der Waals surface area (Å²) in [6.07, 6.45) is 1.63. The van der Waals surface area contributed by atoms with E-state index >= 15 is 0 Å². The van der Waals surface area contributed by atoms with Crippen LogP contribution in [0.15, 0.2) is 82.6 Å². The highest BCUT2D eigenvalue weighted by atomic mass is 32.2. The normalized spacial score (nSPS) is 10.9. The van der Waals surface area contributed by atoms with Gasteiger partial charge in [0.05, 0.1) is 29.8 Å². The number of hydrogen-bond donors (Lipinski definition) is 2. The van der Waals surface area contributed by atoms with E-state index in [9.17, 15) is 9.59 Å². The van der Waals surface area contributed by atoms with Gasteiger partial charge in [-0.2, -0.15) is 0 Å². The average Bonchev–Trinajstić information content (AvgIpc) is 3.52. The van der Waals surface area contributed by atoms with Crippen molar-refractivity contribution in [2.24, 2.45) is 0 Å². The Kier molecular flexibility index (Phi) is 7.99. The third kappa shape index (κ3) is 6.39. The predicted octanol–water partition coefficient (Wildman–Crippen LogP) is 4.70. The van der Waals surface area contributed by atoms with Gasteiger partial charge in [0.25, 0.3) is 5.91 Å². The van der Waals surface area contributed by atoms with Crippen LogP contribution in [0.2, 0.25) is 0 Å². The zero-order valence-corrected chi connectivity index (χ0v) is 20.4. The zero-order chi connectivity index (χ0) is 24.6. The predicted molar refractivity (Wildman–Crippen MR) is 135 cm³/mol. The van der Waals surface area contributed by atoms with Gasteiger partial charge in [-0.3, -0.25) is 14.2 Å². The third-order valence-corrected chi connectivity index (χ3v) is 6.20. The molecular weight excluding hydrogens is 462 g/mol. The number of nitrogens with zero attached hydrogens (tertiary/aromatic N) is 3. The standard InChI is InChI=1S/C26H27N5O3S/c1-18(2)24-29-30-26(31(24)16-20-11-8-14-34-20)35-17-23(32)28-22-13-7-6-12-21(22)25(33)27-15-19-9-4-3-5-10-19/h3-14,18H,15-17H2,1-2H3,(H,27,33)(H,28,32). The van der Waals surface area contributed by atoms with E-state index in [0.29, 0.717) is 29.5 Å². The number of amides is 2. The molecule has 4 aromatic rings. The number of carbonyl (C=O) groups is 2.